The van der Waals surface area contributed by atoms with Crippen LogP contribution >= 0.6 is 35.0 Å². The highest BCUT2D eigenvalue weighted by Crippen LogP contribution is 2.37. The standard InChI is InChI=1S/C26H24Cl2N2O5S2/c27-22-13-21(37(33,34)16-19(12-24(31)32)18-6-2-1-3-7-18)14-23(28)25(22)35-15-17-5-4-8-20(11-17)30-26-29-9-10-36-26/h1-8,11,13-14,19H,9-10,12,15-16H2,(H,29,30)(H,31,32). The molecule has 0 aromatic heterocycles. The number of carbonyl (C=O) groups is 1. The van der Waals surface area contributed by atoms with Gasteiger partial charge in [-0.25, -0.2) is 8.42 Å². The van der Waals surface area contributed by atoms with E-state index in [0.717, 1.165) is 28.7 Å². The summed E-state index contributed by atoms with van der Waals surface area (Å²) in [7, 11) is -3.91. The van der Waals surface area contributed by atoms with Crippen molar-refractivity contribution in [2.75, 3.05) is 23.4 Å². The minimum atomic E-state index is -3.91. The van der Waals surface area contributed by atoms with Gasteiger partial charge in [-0.3, -0.25) is 9.79 Å². The molecule has 2 N–H and O–H groups in total. The fourth-order valence-electron chi connectivity index (χ4n) is 3.85. The van der Waals surface area contributed by atoms with E-state index in [2.05, 4.69) is 10.3 Å². The Morgan fingerprint density at radius 2 is 1.81 bits per heavy atom. The summed E-state index contributed by atoms with van der Waals surface area (Å²) in [4.78, 5) is 15.7. The van der Waals surface area contributed by atoms with E-state index in [1.54, 1.807) is 42.1 Å². The number of halogens is 2. The molecule has 1 aliphatic rings. The number of carboxylic acid groups (broad SMARTS) is 1. The van der Waals surface area contributed by atoms with Gasteiger partial charge in [-0.05, 0) is 35.4 Å². The number of nitrogens with one attached hydrogen (secondary N) is 1. The zero-order valence-electron chi connectivity index (χ0n) is 19.6. The van der Waals surface area contributed by atoms with E-state index < -0.39 is 27.5 Å². The molecule has 3 aromatic rings. The van der Waals surface area contributed by atoms with Gasteiger partial charge in [-0.2, -0.15) is 0 Å². The summed E-state index contributed by atoms with van der Waals surface area (Å²) >= 11 is 14.4. The van der Waals surface area contributed by atoms with Crippen LogP contribution in [0.15, 0.2) is 76.6 Å². The first-order valence-electron chi connectivity index (χ1n) is 11.4. The summed E-state index contributed by atoms with van der Waals surface area (Å²) in [6, 6.07) is 18.9. The van der Waals surface area contributed by atoms with Crippen LogP contribution in [0.1, 0.15) is 23.5 Å². The number of aliphatic imine (C=N–C) groups is 1. The molecule has 1 unspecified atom stereocenters. The average Bonchev–Trinajstić information content (AvgIpc) is 3.36. The van der Waals surface area contributed by atoms with Crippen LogP contribution in [0.25, 0.3) is 0 Å². The number of hydrogen-bond donors (Lipinski definition) is 2. The Hall–Kier alpha value is -2.72. The SMILES string of the molecule is O=C(O)CC(CS(=O)(=O)c1cc(Cl)c(OCc2cccc(NC3=NCCS3)c2)c(Cl)c1)c1ccccc1. The number of nitrogens with zero attached hydrogens (tertiary/aromatic N) is 1. The molecule has 0 saturated heterocycles. The molecule has 1 atom stereocenters. The van der Waals surface area contributed by atoms with Crippen LogP contribution in [0, 0.1) is 0 Å². The predicted octanol–water partition coefficient (Wildman–Crippen LogP) is 6.12. The fourth-order valence-corrected chi connectivity index (χ4v) is 6.95. The smallest absolute Gasteiger partial charge is 0.303 e. The lowest BCUT2D eigenvalue weighted by molar-refractivity contribution is -0.137. The first-order valence-corrected chi connectivity index (χ1v) is 14.8. The number of rotatable bonds is 10. The Labute approximate surface area is 229 Å². The summed E-state index contributed by atoms with van der Waals surface area (Å²) in [6.07, 6.45) is -0.328. The third-order valence-corrected chi connectivity index (χ3v) is 8.84. The third kappa shape index (κ3) is 7.41. The van der Waals surface area contributed by atoms with Crippen LogP contribution in [-0.4, -0.2) is 42.7 Å². The minimum Gasteiger partial charge on any atom is -0.486 e. The van der Waals surface area contributed by atoms with Gasteiger partial charge < -0.3 is 15.2 Å². The molecule has 194 valence electrons. The van der Waals surface area contributed by atoms with E-state index in [4.69, 9.17) is 27.9 Å². The molecule has 11 heteroatoms. The van der Waals surface area contributed by atoms with Crippen LogP contribution in [0.3, 0.4) is 0 Å². The summed E-state index contributed by atoms with van der Waals surface area (Å²) < 4.78 is 32.3. The van der Waals surface area contributed by atoms with Crippen molar-refractivity contribution in [1.82, 2.24) is 0 Å². The number of thioether (sulfide) groups is 1. The number of benzene rings is 3. The van der Waals surface area contributed by atoms with Gasteiger partial charge in [0.05, 0.1) is 33.7 Å². The number of ether oxygens (including phenoxy) is 1. The Kier molecular flexibility index (Phi) is 9.02. The number of amidine groups is 1. The van der Waals surface area contributed by atoms with Crippen LogP contribution in [0.5, 0.6) is 5.75 Å². The second-order valence-corrected chi connectivity index (χ2v) is 12.3. The van der Waals surface area contributed by atoms with Gasteiger partial charge in [0.15, 0.2) is 20.8 Å². The average molecular weight is 580 g/mol. The van der Waals surface area contributed by atoms with E-state index in [-0.39, 0.29) is 33.7 Å². The molecule has 4 rings (SSSR count). The zero-order chi connectivity index (χ0) is 26.4. The van der Waals surface area contributed by atoms with Crippen LogP contribution < -0.4 is 10.1 Å². The normalized spacial score (nSPS) is 14.2. The highest BCUT2D eigenvalue weighted by atomic mass is 35.5. The fraction of sp³-hybridized carbons (Fsp3) is 0.231. The highest BCUT2D eigenvalue weighted by molar-refractivity contribution is 8.14. The van der Waals surface area contributed by atoms with Crippen molar-refractivity contribution in [1.29, 1.82) is 0 Å². The molecular formula is C26H24Cl2N2O5S2. The number of anilines is 1. The van der Waals surface area contributed by atoms with Gasteiger partial charge in [0.1, 0.15) is 6.61 Å². The molecule has 0 spiro atoms. The quantitative estimate of drug-likeness (QED) is 0.298. The van der Waals surface area contributed by atoms with E-state index in [1.807, 2.05) is 24.3 Å². The van der Waals surface area contributed by atoms with Crippen molar-refractivity contribution >= 4 is 61.6 Å². The molecule has 37 heavy (non-hydrogen) atoms. The first kappa shape index (κ1) is 27.3. The van der Waals surface area contributed by atoms with Crippen molar-refractivity contribution in [2.45, 2.75) is 23.8 Å². The maximum atomic E-state index is 13.2. The summed E-state index contributed by atoms with van der Waals surface area (Å²) in [5.41, 5.74) is 2.36. The Morgan fingerprint density at radius 3 is 2.46 bits per heavy atom. The maximum Gasteiger partial charge on any atom is 0.303 e. The van der Waals surface area contributed by atoms with Gasteiger partial charge in [-0.15, -0.1) is 0 Å². The zero-order valence-corrected chi connectivity index (χ0v) is 22.7. The Morgan fingerprint density at radius 1 is 1.08 bits per heavy atom. The molecule has 0 amide bonds. The maximum absolute atomic E-state index is 13.2. The summed E-state index contributed by atoms with van der Waals surface area (Å²) in [5, 5.41) is 13.6. The van der Waals surface area contributed by atoms with Crippen molar-refractivity contribution in [3.05, 3.63) is 87.9 Å². The van der Waals surface area contributed by atoms with E-state index in [1.165, 1.54) is 12.1 Å². The second kappa shape index (κ2) is 12.2. The van der Waals surface area contributed by atoms with Gasteiger partial charge >= 0.3 is 5.97 Å². The van der Waals surface area contributed by atoms with Crippen LogP contribution in [0.2, 0.25) is 10.0 Å². The van der Waals surface area contributed by atoms with Crippen LogP contribution in [-0.2, 0) is 21.2 Å². The molecule has 0 radical (unpaired) electrons. The van der Waals surface area contributed by atoms with Gasteiger partial charge in [0, 0.05) is 17.4 Å². The second-order valence-electron chi connectivity index (χ2n) is 8.35. The van der Waals surface area contributed by atoms with E-state index in [9.17, 15) is 18.3 Å². The number of aliphatic carboxylic acids is 1. The summed E-state index contributed by atoms with van der Waals surface area (Å²) in [5.74, 6) is -1.09. The first-order chi connectivity index (χ1) is 17.7. The topological polar surface area (TPSA) is 105 Å². The van der Waals surface area contributed by atoms with Crippen LogP contribution in [0.4, 0.5) is 5.69 Å². The largest absolute Gasteiger partial charge is 0.486 e. The van der Waals surface area contributed by atoms with E-state index >= 15 is 0 Å². The van der Waals surface area contributed by atoms with Gasteiger partial charge in [0.25, 0.3) is 0 Å². The number of carboxylic acids is 1. The lowest BCUT2D eigenvalue weighted by atomic mass is 9.98. The molecule has 0 fully saturated rings. The molecule has 0 bridgehead atoms. The van der Waals surface area contributed by atoms with Crippen molar-refractivity contribution < 1.29 is 23.1 Å². The van der Waals surface area contributed by atoms with Crippen molar-refractivity contribution in [3.8, 4) is 5.75 Å². The number of hydrogen-bond acceptors (Lipinski definition) is 7. The molecular weight excluding hydrogens is 555 g/mol. The Balaban J connectivity index is 1.49. The van der Waals surface area contributed by atoms with Crippen molar-refractivity contribution in [3.63, 3.8) is 0 Å². The number of sulfone groups is 1. The monoisotopic (exact) mass is 578 g/mol. The summed E-state index contributed by atoms with van der Waals surface area (Å²) in [6.45, 7) is 0.959. The molecule has 0 saturated carbocycles. The Bertz CT molecular complexity index is 1390. The minimum absolute atomic E-state index is 0.0477. The third-order valence-electron chi connectivity index (χ3n) is 5.59. The van der Waals surface area contributed by atoms with Gasteiger partial charge in [0.2, 0.25) is 0 Å². The molecule has 0 aliphatic carbocycles. The molecule has 3 aromatic carbocycles. The van der Waals surface area contributed by atoms with Crippen molar-refractivity contribution in [2.24, 2.45) is 4.99 Å². The van der Waals surface area contributed by atoms with Gasteiger partial charge in [-0.1, -0.05) is 77.4 Å². The lowest BCUT2D eigenvalue weighted by Gasteiger charge is -2.17. The predicted molar refractivity (Wildman–Crippen MR) is 149 cm³/mol. The molecule has 7 nitrogen and oxygen atoms in total. The van der Waals surface area contributed by atoms with E-state index in [0.29, 0.717) is 5.56 Å². The molecule has 1 heterocycles. The lowest BCUT2D eigenvalue weighted by Crippen LogP contribution is -2.18. The highest BCUT2D eigenvalue weighted by Gasteiger charge is 2.26. The molecule has 1 aliphatic heterocycles.